The number of aliphatic hydroxyl groups excluding tert-OH is 1. The Balaban J connectivity index is 2.03. The quantitative estimate of drug-likeness (QED) is 0.734. The normalized spacial score (nSPS) is 19.4. The molecule has 3 heteroatoms. The molecule has 0 saturated carbocycles. The lowest BCUT2D eigenvalue weighted by Gasteiger charge is -2.07. The summed E-state index contributed by atoms with van der Waals surface area (Å²) < 4.78 is 10.6. The van der Waals surface area contributed by atoms with E-state index in [4.69, 9.17) is 14.6 Å². The van der Waals surface area contributed by atoms with Gasteiger partial charge in [-0.1, -0.05) is 6.07 Å². The van der Waals surface area contributed by atoms with Gasteiger partial charge >= 0.3 is 0 Å². The third-order valence-corrected chi connectivity index (χ3v) is 2.13. The topological polar surface area (TPSA) is 42.0 Å². The molecule has 0 bridgehead atoms. The van der Waals surface area contributed by atoms with E-state index in [-0.39, 0.29) is 12.7 Å². The molecule has 0 spiro atoms. The van der Waals surface area contributed by atoms with Crippen LogP contribution in [0.3, 0.4) is 0 Å². The summed E-state index contributed by atoms with van der Waals surface area (Å²) >= 11 is 0. The van der Waals surface area contributed by atoms with Gasteiger partial charge in [-0.25, -0.2) is 0 Å². The first-order chi connectivity index (χ1) is 6.78. The lowest BCUT2D eigenvalue weighted by Crippen LogP contribution is -2.04. The minimum absolute atomic E-state index is 0.0535. The molecule has 1 aromatic carbocycles. The Morgan fingerprint density at radius 2 is 2.29 bits per heavy atom. The summed E-state index contributed by atoms with van der Waals surface area (Å²) in [6.45, 7) is 3.45. The molecule has 1 N–H and O–H groups in total. The van der Waals surface area contributed by atoms with E-state index in [9.17, 15) is 0 Å². The van der Waals surface area contributed by atoms with Crippen molar-refractivity contribution in [2.75, 3.05) is 13.2 Å². The largest absolute Gasteiger partial charge is 0.491 e. The van der Waals surface area contributed by atoms with Gasteiger partial charge < -0.3 is 14.6 Å². The minimum Gasteiger partial charge on any atom is -0.491 e. The van der Waals surface area contributed by atoms with Crippen molar-refractivity contribution in [1.29, 1.82) is 0 Å². The zero-order chi connectivity index (χ0) is 9.97. The molecule has 1 aliphatic rings. The maximum absolute atomic E-state index is 9.00. The van der Waals surface area contributed by atoms with Gasteiger partial charge in [-0.2, -0.15) is 0 Å². The van der Waals surface area contributed by atoms with E-state index in [1.165, 1.54) is 0 Å². The summed E-state index contributed by atoms with van der Waals surface area (Å²) in [7, 11) is 0. The highest BCUT2D eigenvalue weighted by atomic mass is 16.6. The van der Waals surface area contributed by atoms with Crippen molar-refractivity contribution in [3.8, 4) is 5.75 Å². The van der Waals surface area contributed by atoms with Crippen LogP contribution >= 0.6 is 0 Å². The summed E-state index contributed by atoms with van der Waals surface area (Å²) in [5, 5.41) is 9.00. The molecule has 1 heterocycles. The van der Waals surface area contributed by atoms with Crippen LogP contribution in [0.2, 0.25) is 0 Å². The maximum Gasteiger partial charge on any atom is 0.120 e. The number of hydrogen-bond donors (Lipinski definition) is 1. The molecule has 14 heavy (non-hydrogen) atoms. The van der Waals surface area contributed by atoms with Crippen LogP contribution in [0.1, 0.15) is 11.1 Å². The van der Waals surface area contributed by atoms with Gasteiger partial charge in [0.05, 0.1) is 13.2 Å². The molecule has 0 amide bonds. The van der Waals surface area contributed by atoms with E-state index in [0.717, 1.165) is 23.5 Å². The fourth-order valence-electron chi connectivity index (χ4n) is 1.35. The predicted molar refractivity (Wildman–Crippen MR) is 52.3 cm³/mol. The average Bonchev–Trinajstić information content (AvgIpc) is 2.97. The van der Waals surface area contributed by atoms with Gasteiger partial charge in [0.1, 0.15) is 18.5 Å². The maximum atomic E-state index is 9.00. The van der Waals surface area contributed by atoms with Crippen LogP contribution in [0.25, 0.3) is 0 Å². The zero-order valence-electron chi connectivity index (χ0n) is 8.19. The first-order valence-corrected chi connectivity index (χ1v) is 4.74. The van der Waals surface area contributed by atoms with E-state index >= 15 is 0 Å². The molecule has 0 radical (unpaired) electrons. The Morgan fingerprint density at radius 3 is 2.93 bits per heavy atom. The standard InChI is InChI=1S/C11H14O3/c1-8-2-9(5-12)4-10(3-8)13-6-11-7-14-11/h2-4,11-12H,5-7H2,1H3. The van der Waals surface area contributed by atoms with E-state index in [2.05, 4.69) is 0 Å². The number of benzene rings is 1. The fraction of sp³-hybridized carbons (Fsp3) is 0.455. The van der Waals surface area contributed by atoms with Crippen LogP contribution in [0.15, 0.2) is 18.2 Å². The number of aliphatic hydroxyl groups is 1. The van der Waals surface area contributed by atoms with Gasteiger partial charge in [-0.05, 0) is 30.2 Å². The van der Waals surface area contributed by atoms with Gasteiger partial charge in [0.25, 0.3) is 0 Å². The summed E-state index contributed by atoms with van der Waals surface area (Å²) in [5.41, 5.74) is 1.99. The van der Waals surface area contributed by atoms with Gasteiger partial charge in [0.2, 0.25) is 0 Å². The Bertz CT molecular complexity index is 318. The van der Waals surface area contributed by atoms with Crippen molar-refractivity contribution in [1.82, 2.24) is 0 Å². The van der Waals surface area contributed by atoms with E-state index < -0.39 is 0 Å². The third-order valence-electron chi connectivity index (χ3n) is 2.13. The summed E-state index contributed by atoms with van der Waals surface area (Å²) in [5.74, 6) is 0.810. The highest BCUT2D eigenvalue weighted by Gasteiger charge is 2.23. The fourth-order valence-corrected chi connectivity index (χ4v) is 1.35. The molecule has 76 valence electrons. The number of aryl methyl sites for hydroxylation is 1. The molecule has 1 unspecified atom stereocenters. The Labute approximate surface area is 83.3 Å². The predicted octanol–water partition coefficient (Wildman–Crippen LogP) is 1.26. The second-order valence-corrected chi connectivity index (χ2v) is 3.58. The van der Waals surface area contributed by atoms with Crippen LogP contribution in [-0.4, -0.2) is 24.4 Å². The molecule has 0 aromatic heterocycles. The minimum atomic E-state index is 0.0535. The van der Waals surface area contributed by atoms with Crippen LogP contribution in [0.4, 0.5) is 0 Å². The summed E-state index contributed by atoms with van der Waals surface area (Å²) in [4.78, 5) is 0. The number of hydrogen-bond acceptors (Lipinski definition) is 3. The molecular formula is C11H14O3. The number of rotatable bonds is 4. The van der Waals surface area contributed by atoms with Crippen molar-refractivity contribution in [2.45, 2.75) is 19.6 Å². The molecule has 3 nitrogen and oxygen atoms in total. The molecular weight excluding hydrogens is 180 g/mol. The molecule has 1 saturated heterocycles. The SMILES string of the molecule is Cc1cc(CO)cc(OCC2CO2)c1. The lowest BCUT2D eigenvalue weighted by atomic mass is 10.1. The van der Waals surface area contributed by atoms with Crippen LogP contribution in [0, 0.1) is 6.92 Å². The molecule has 1 aromatic rings. The van der Waals surface area contributed by atoms with E-state index in [1.54, 1.807) is 0 Å². The van der Waals surface area contributed by atoms with Crippen LogP contribution in [0.5, 0.6) is 5.75 Å². The van der Waals surface area contributed by atoms with Crippen molar-refractivity contribution in [3.63, 3.8) is 0 Å². The Hall–Kier alpha value is -1.06. The first-order valence-electron chi connectivity index (χ1n) is 4.74. The average molecular weight is 194 g/mol. The van der Waals surface area contributed by atoms with Gasteiger partial charge in [-0.3, -0.25) is 0 Å². The number of ether oxygens (including phenoxy) is 2. The second-order valence-electron chi connectivity index (χ2n) is 3.58. The molecule has 2 rings (SSSR count). The van der Waals surface area contributed by atoms with E-state index in [0.29, 0.717) is 6.61 Å². The van der Waals surface area contributed by atoms with Crippen LogP contribution < -0.4 is 4.74 Å². The van der Waals surface area contributed by atoms with E-state index in [1.807, 2.05) is 25.1 Å². The highest BCUT2D eigenvalue weighted by molar-refractivity contribution is 5.33. The smallest absolute Gasteiger partial charge is 0.120 e. The van der Waals surface area contributed by atoms with Crippen molar-refractivity contribution >= 4 is 0 Å². The molecule has 0 aliphatic carbocycles. The monoisotopic (exact) mass is 194 g/mol. The lowest BCUT2D eigenvalue weighted by molar-refractivity contribution is 0.259. The number of epoxide rings is 1. The Kier molecular flexibility index (Phi) is 2.70. The third kappa shape index (κ3) is 2.47. The van der Waals surface area contributed by atoms with Crippen molar-refractivity contribution in [3.05, 3.63) is 29.3 Å². The summed E-state index contributed by atoms with van der Waals surface area (Å²) in [6.07, 6.45) is 0.271. The molecule has 1 aliphatic heterocycles. The molecule has 1 fully saturated rings. The Morgan fingerprint density at radius 1 is 1.50 bits per heavy atom. The van der Waals surface area contributed by atoms with Crippen molar-refractivity contribution in [2.24, 2.45) is 0 Å². The summed E-state index contributed by atoms with van der Waals surface area (Å²) in [6, 6.07) is 5.76. The molecule has 1 atom stereocenters. The van der Waals surface area contributed by atoms with Crippen LogP contribution in [-0.2, 0) is 11.3 Å². The zero-order valence-corrected chi connectivity index (χ0v) is 8.19. The highest BCUT2D eigenvalue weighted by Crippen LogP contribution is 2.19. The first kappa shape index (κ1) is 9.49. The van der Waals surface area contributed by atoms with Gasteiger partial charge in [0.15, 0.2) is 0 Å². The second kappa shape index (κ2) is 3.98. The van der Waals surface area contributed by atoms with Gasteiger partial charge in [-0.15, -0.1) is 0 Å². The van der Waals surface area contributed by atoms with Crippen molar-refractivity contribution < 1.29 is 14.6 Å². The van der Waals surface area contributed by atoms with Gasteiger partial charge in [0, 0.05) is 0 Å².